The van der Waals surface area contributed by atoms with Crippen LogP contribution < -0.4 is 19.8 Å². The molecule has 1 aromatic heterocycles. The quantitative estimate of drug-likeness (QED) is 0.159. The van der Waals surface area contributed by atoms with Gasteiger partial charge >= 0.3 is 11.9 Å². The van der Waals surface area contributed by atoms with E-state index in [9.17, 15) is 9.59 Å². The topological polar surface area (TPSA) is 100 Å². The molecular weight excluding hydrogens is 672 g/mol. The maximum Gasteiger partial charge on any atom is 0.338 e. The smallest absolute Gasteiger partial charge is 0.338 e. The Morgan fingerprint density at radius 2 is 1.65 bits per heavy atom. The van der Waals surface area contributed by atoms with Crippen LogP contribution in [0.15, 0.2) is 79.1 Å². The summed E-state index contributed by atoms with van der Waals surface area (Å²) in [6, 6.07) is 16.7. The molecule has 3 aliphatic heterocycles. The summed E-state index contributed by atoms with van der Waals surface area (Å²) in [6.45, 7) is 2.69. The first-order valence-corrected chi connectivity index (χ1v) is 16.8. The van der Waals surface area contributed by atoms with Crippen molar-refractivity contribution >= 4 is 40.8 Å². The molecule has 0 saturated carbocycles. The van der Waals surface area contributed by atoms with Gasteiger partial charge in [0, 0.05) is 29.8 Å². The molecule has 3 aromatic carbocycles. The summed E-state index contributed by atoms with van der Waals surface area (Å²) >= 11 is 12.9. The number of carbonyl (C=O) groups excluding carboxylic acids is 2. The number of esters is 2. The van der Waals surface area contributed by atoms with Gasteiger partial charge in [-0.1, -0.05) is 47.5 Å². The fourth-order valence-electron chi connectivity index (χ4n) is 6.44. The van der Waals surface area contributed by atoms with E-state index in [1.54, 1.807) is 73.1 Å². The molecule has 3 fully saturated rings. The number of hydrogen-bond donors (Lipinski definition) is 1. The molecule has 7 rings (SSSR count). The minimum absolute atomic E-state index is 0.172. The van der Waals surface area contributed by atoms with Gasteiger partial charge in [0.1, 0.15) is 28.1 Å². The van der Waals surface area contributed by atoms with E-state index in [1.807, 2.05) is 0 Å². The van der Waals surface area contributed by atoms with Crippen LogP contribution in [0.2, 0.25) is 10.0 Å². The number of hydrogen-bond acceptors (Lipinski definition) is 8. The van der Waals surface area contributed by atoms with Crippen molar-refractivity contribution in [3.63, 3.8) is 0 Å². The van der Waals surface area contributed by atoms with E-state index < -0.39 is 29.9 Å². The number of piperidine rings is 3. The van der Waals surface area contributed by atoms with E-state index >= 15 is 4.39 Å². The van der Waals surface area contributed by atoms with Crippen LogP contribution in [-0.2, 0) is 20.7 Å². The number of carbonyl (C=O) groups is 2. The molecule has 3 saturated heterocycles. The second-order valence-corrected chi connectivity index (χ2v) is 12.9. The van der Waals surface area contributed by atoms with Crippen LogP contribution in [0.25, 0.3) is 0 Å². The Balaban J connectivity index is 1.21. The number of anilines is 1. The van der Waals surface area contributed by atoms with Gasteiger partial charge < -0.3 is 24.3 Å². The monoisotopic (exact) mass is 708 g/mol. The molecule has 0 radical (unpaired) electrons. The predicted molar refractivity (Wildman–Crippen MR) is 183 cm³/mol. The number of methoxy groups -OCH3 is 2. The van der Waals surface area contributed by atoms with Crippen LogP contribution in [0.3, 0.4) is 0 Å². The molecule has 1 unspecified atom stereocenters. The number of aromatic amines is 1. The Hall–Kier alpha value is -4.38. The lowest BCUT2D eigenvalue weighted by Gasteiger charge is -2.44. The minimum Gasteiger partial charge on any atom is -0.493 e. The van der Waals surface area contributed by atoms with Gasteiger partial charge in [0.2, 0.25) is 0 Å². The van der Waals surface area contributed by atoms with Crippen LogP contribution in [0.5, 0.6) is 11.5 Å². The van der Waals surface area contributed by atoms with Gasteiger partial charge in [-0.05, 0) is 79.9 Å². The fourth-order valence-corrected chi connectivity index (χ4v) is 6.97. The Kier molecular flexibility index (Phi) is 10.9. The fraction of sp³-hybridized carbons (Fsp3) is 0.324. The zero-order valence-electron chi connectivity index (χ0n) is 27.1. The Morgan fingerprint density at radius 1 is 0.959 bits per heavy atom. The van der Waals surface area contributed by atoms with Gasteiger partial charge in [-0.3, -0.25) is 4.90 Å². The average molecular weight is 710 g/mol. The Morgan fingerprint density at radius 3 is 2.29 bits per heavy atom. The lowest BCUT2D eigenvalue weighted by molar-refractivity contribution is -0.377. The highest BCUT2D eigenvalue weighted by atomic mass is 35.5. The first kappa shape index (κ1) is 34.5. The Labute approximate surface area is 294 Å². The van der Waals surface area contributed by atoms with Crippen LogP contribution in [0.4, 0.5) is 10.1 Å². The third-order valence-electron chi connectivity index (χ3n) is 9.16. The number of ether oxygens (including phenoxy) is 4. The van der Waals surface area contributed by atoms with Crippen molar-refractivity contribution in [2.24, 2.45) is 5.92 Å². The lowest BCUT2D eigenvalue weighted by atomic mass is 9.86. The second-order valence-electron chi connectivity index (χ2n) is 12.1. The molecule has 2 bridgehead atoms. The number of halogens is 3. The Bertz CT molecular complexity index is 1780. The average Bonchev–Trinajstić information content (AvgIpc) is 3.12. The van der Waals surface area contributed by atoms with E-state index in [-0.39, 0.29) is 23.7 Å². The number of aromatic nitrogens is 1. The molecule has 256 valence electrons. The highest BCUT2D eigenvalue weighted by Gasteiger charge is 2.38. The molecule has 0 aliphatic carbocycles. The molecule has 2 N–H and O–H groups in total. The SMILES string of the molecule is COc1ccc([C@H](Cc2c(Cl)c[nH+]cc2Cl)OC(=O)c2ccc(NC(C(=O)O[C@H]3CN4CCC3CC4)c3ccccc3F)cc2)cc1OC. The molecule has 0 amide bonds. The summed E-state index contributed by atoms with van der Waals surface area (Å²) < 4.78 is 37.9. The van der Waals surface area contributed by atoms with Crippen molar-refractivity contribution in [1.29, 1.82) is 0 Å². The maximum atomic E-state index is 15.0. The number of pyridine rings is 1. The number of benzene rings is 3. The van der Waals surface area contributed by atoms with Crippen molar-refractivity contribution in [2.75, 3.05) is 39.2 Å². The molecule has 49 heavy (non-hydrogen) atoms. The normalized spacial score (nSPS) is 19.4. The molecule has 4 heterocycles. The van der Waals surface area contributed by atoms with E-state index in [2.05, 4.69) is 15.2 Å². The largest absolute Gasteiger partial charge is 0.493 e. The van der Waals surface area contributed by atoms with Crippen molar-refractivity contribution in [3.8, 4) is 11.5 Å². The molecule has 12 heteroatoms. The summed E-state index contributed by atoms with van der Waals surface area (Å²) in [5.74, 6) is -0.397. The van der Waals surface area contributed by atoms with Crippen molar-refractivity contribution in [1.82, 2.24) is 4.90 Å². The third-order valence-corrected chi connectivity index (χ3v) is 9.84. The highest BCUT2D eigenvalue weighted by Crippen LogP contribution is 2.36. The standard InChI is InChI=1S/C37H36Cl2FN3O6/c1-46-31-12-9-24(17-33(31)47-2)32(18-27-28(38)19-41-20-29(27)39)48-36(44)23-7-10-25(11-8-23)42-35(26-5-3-4-6-30(26)40)37(45)49-34-21-43-15-13-22(34)14-16-43/h3-12,17,19-20,22,32,34-35,42H,13-16,18,21H2,1-2H3/p+1/t32-,34-,35?/m0/s1. The van der Waals surface area contributed by atoms with E-state index in [4.69, 9.17) is 42.1 Å². The number of rotatable bonds is 12. The highest BCUT2D eigenvalue weighted by molar-refractivity contribution is 6.35. The van der Waals surface area contributed by atoms with E-state index in [0.717, 1.165) is 25.9 Å². The maximum absolute atomic E-state index is 15.0. The molecule has 0 spiro atoms. The summed E-state index contributed by atoms with van der Waals surface area (Å²) in [5.41, 5.74) is 2.15. The zero-order valence-corrected chi connectivity index (χ0v) is 28.6. The molecule has 4 aromatic rings. The lowest BCUT2D eigenvalue weighted by Crippen LogP contribution is -2.52. The van der Waals surface area contributed by atoms with Gasteiger partial charge in [0.25, 0.3) is 0 Å². The van der Waals surface area contributed by atoms with Gasteiger partial charge in [0.15, 0.2) is 29.9 Å². The molecule has 9 nitrogen and oxygen atoms in total. The summed E-state index contributed by atoms with van der Waals surface area (Å²) in [6.07, 6.45) is 4.30. The minimum atomic E-state index is -1.10. The summed E-state index contributed by atoms with van der Waals surface area (Å²) in [4.78, 5) is 32.3. The van der Waals surface area contributed by atoms with Gasteiger partial charge in [0.05, 0.1) is 19.8 Å². The van der Waals surface area contributed by atoms with Crippen LogP contribution in [0.1, 0.15) is 52.0 Å². The van der Waals surface area contributed by atoms with Crippen molar-refractivity contribution in [2.45, 2.75) is 37.5 Å². The number of H-pyrrole nitrogens is 1. The van der Waals surface area contributed by atoms with Gasteiger partial charge in [-0.2, -0.15) is 0 Å². The van der Waals surface area contributed by atoms with E-state index in [1.165, 1.54) is 20.3 Å². The van der Waals surface area contributed by atoms with E-state index in [0.29, 0.717) is 50.8 Å². The molecule has 3 atom stereocenters. The predicted octanol–water partition coefficient (Wildman–Crippen LogP) is 6.90. The van der Waals surface area contributed by atoms with Crippen LogP contribution in [0, 0.1) is 11.7 Å². The second kappa shape index (κ2) is 15.4. The van der Waals surface area contributed by atoms with Crippen LogP contribution in [-0.4, -0.2) is 56.8 Å². The number of fused-ring (bicyclic) bond motifs is 3. The van der Waals surface area contributed by atoms with Crippen LogP contribution >= 0.6 is 23.2 Å². The van der Waals surface area contributed by atoms with Gasteiger partial charge in [-0.25, -0.2) is 19.0 Å². The zero-order chi connectivity index (χ0) is 34.5. The first-order chi connectivity index (χ1) is 23.7. The number of nitrogens with zero attached hydrogens (tertiary/aromatic N) is 1. The van der Waals surface area contributed by atoms with Crippen molar-refractivity contribution in [3.05, 3.63) is 117 Å². The summed E-state index contributed by atoms with van der Waals surface area (Å²) in [7, 11) is 3.06. The third kappa shape index (κ3) is 7.93. The molecule has 3 aliphatic rings. The summed E-state index contributed by atoms with van der Waals surface area (Å²) in [5, 5.41) is 3.91. The first-order valence-electron chi connectivity index (χ1n) is 16.0. The van der Waals surface area contributed by atoms with Gasteiger partial charge in [-0.15, -0.1) is 0 Å². The number of nitrogens with one attached hydrogen (secondary N) is 2. The van der Waals surface area contributed by atoms with Crippen molar-refractivity contribution < 1.29 is 37.9 Å². The molecular formula is C37H37Cl2FN3O6+.